The van der Waals surface area contributed by atoms with Crippen LogP contribution >= 0.6 is 24.2 Å². The molecule has 5 heteroatoms. The van der Waals surface area contributed by atoms with Crippen LogP contribution in [0.1, 0.15) is 38.5 Å². The Labute approximate surface area is 118 Å². The fraction of sp³-hybridized carbons (Fsp3) is 0.692. The molecule has 0 aliphatic heterocycles. The van der Waals surface area contributed by atoms with Crippen molar-refractivity contribution in [3.8, 4) is 0 Å². The normalized spacial score (nSPS) is 19.4. The van der Waals surface area contributed by atoms with Crippen LogP contribution in [0.4, 0.5) is 0 Å². The number of thiol groups is 1. The van der Waals surface area contributed by atoms with E-state index in [1.54, 1.807) is 10.8 Å². The van der Waals surface area contributed by atoms with Crippen LogP contribution in [-0.4, -0.2) is 15.3 Å². The summed E-state index contributed by atoms with van der Waals surface area (Å²) in [6, 6.07) is 0. The average molecular weight is 287 g/mol. The van der Waals surface area contributed by atoms with Crippen molar-refractivity contribution in [2.75, 3.05) is 5.75 Å². The summed E-state index contributed by atoms with van der Waals surface area (Å²) in [5, 5.41) is 0.512. The van der Waals surface area contributed by atoms with E-state index in [4.69, 9.17) is 11.6 Å². The molecule has 1 heterocycles. The van der Waals surface area contributed by atoms with Gasteiger partial charge in [-0.25, -0.2) is 9.78 Å². The van der Waals surface area contributed by atoms with E-state index in [1.165, 1.54) is 31.9 Å². The lowest BCUT2D eigenvalue weighted by atomic mass is 9.82. The van der Waals surface area contributed by atoms with Crippen molar-refractivity contribution in [1.29, 1.82) is 0 Å². The van der Waals surface area contributed by atoms with Gasteiger partial charge in [0.05, 0.1) is 11.2 Å². The molecule has 0 atom stereocenters. The minimum atomic E-state index is -0.218. The number of halogens is 1. The summed E-state index contributed by atoms with van der Waals surface area (Å²) in [7, 11) is 0. The van der Waals surface area contributed by atoms with Crippen molar-refractivity contribution in [3.05, 3.63) is 27.9 Å². The second-order valence-corrected chi connectivity index (χ2v) is 6.01. The summed E-state index contributed by atoms with van der Waals surface area (Å²) in [6.07, 6.45) is 10.4. The molecule has 0 aromatic carbocycles. The van der Waals surface area contributed by atoms with Gasteiger partial charge in [-0.05, 0) is 24.0 Å². The molecular weight excluding hydrogens is 268 g/mol. The Bertz CT molecular complexity index is 453. The topological polar surface area (TPSA) is 34.9 Å². The Kier molecular flexibility index (Phi) is 4.73. The van der Waals surface area contributed by atoms with Crippen molar-refractivity contribution in [2.24, 2.45) is 5.41 Å². The zero-order valence-electron chi connectivity index (χ0n) is 10.4. The quantitative estimate of drug-likeness (QED) is 0.684. The zero-order valence-corrected chi connectivity index (χ0v) is 12.1. The molecule has 0 bridgehead atoms. The average Bonchev–Trinajstić information content (AvgIpc) is 2.60. The maximum atomic E-state index is 11.8. The van der Waals surface area contributed by atoms with Gasteiger partial charge in [-0.1, -0.05) is 37.3 Å². The van der Waals surface area contributed by atoms with Crippen LogP contribution < -0.4 is 5.69 Å². The van der Waals surface area contributed by atoms with E-state index in [0.717, 1.165) is 18.6 Å². The van der Waals surface area contributed by atoms with E-state index >= 15 is 0 Å². The Morgan fingerprint density at radius 2 is 2.00 bits per heavy atom. The molecule has 0 amide bonds. The van der Waals surface area contributed by atoms with Crippen LogP contribution in [0.25, 0.3) is 0 Å². The molecule has 2 rings (SSSR count). The van der Waals surface area contributed by atoms with Crippen LogP contribution in [0, 0.1) is 5.41 Å². The first-order chi connectivity index (χ1) is 8.65. The molecule has 1 aromatic rings. The lowest BCUT2D eigenvalue weighted by Crippen LogP contribution is -2.34. The number of hydrogen-bond acceptors (Lipinski definition) is 3. The van der Waals surface area contributed by atoms with Crippen LogP contribution in [0.5, 0.6) is 0 Å². The number of hydrogen-bond donors (Lipinski definition) is 1. The van der Waals surface area contributed by atoms with E-state index in [-0.39, 0.29) is 11.1 Å². The maximum Gasteiger partial charge on any atom is 0.347 e. The van der Waals surface area contributed by atoms with E-state index in [2.05, 4.69) is 17.6 Å². The van der Waals surface area contributed by atoms with Gasteiger partial charge in [0.25, 0.3) is 0 Å². The van der Waals surface area contributed by atoms with Gasteiger partial charge in [-0.15, -0.1) is 0 Å². The molecule has 18 heavy (non-hydrogen) atoms. The number of aromatic nitrogens is 2. The minimum Gasteiger partial charge on any atom is -0.297 e. The first-order valence-electron chi connectivity index (χ1n) is 6.48. The third-order valence-corrected chi connectivity index (χ3v) is 4.69. The monoisotopic (exact) mass is 286 g/mol. The molecule has 1 saturated carbocycles. The van der Waals surface area contributed by atoms with Gasteiger partial charge in [0, 0.05) is 12.7 Å². The highest BCUT2D eigenvalue weighted by molar-refractivity contribution is 7.80. The third kappa shape index (κ3) is 3.29. The lowest BCUT2D eigenvalue weighted by molar-refractivity contribution is 0.236. The van der Waals surface area contributed by atoms with E-state index < -0.39 is 0 Å². The molecule has 0 radical (unpaired) electrons. The maximum absolute atomic E-state index is 11.8. The van der Waals surface area contributed by atoms with Crippen molar-refractivity contribution in [3.63, 3.8) is 0 Å². The molecule has 0 spiro atoms. The zero-order chi connectivity index (χ0) is 13.0. The van der Waals surface area contributed by atoms with Crippen LogP contribution in [-0.2, 0) is 6.54 Å². The molecule has 1 aliphatic carbocycles. The van der Waals surface area contributed by atoms with Gasteiger partial charge in [0.2, 0.25) is 0 Å². The molecule has 0 saturated heterocycles. The van der Waals surface area contributed by atoms with Gasteiger partial charge < -0.3 is 0 Å². The SMILES string of the molecule is O=c1ncc(Cl)cn1CC1(CS)CCCCCC1. The predicted molar refractivity (Wildman–Crippen MR) is 77.5 cm³/mol. The summed E-state index contributed by atoms with van der Waals surface area (Å²) < 4.78 is 1.64. The summed E-state index contributed by atoms with van der Waals surface area (Å²) in [6.45, 7) is 0.683. The summed E-state index contributed by atoms with van der Waals surface area (Å²) >= 11 is 10.4. The highest BCUT2D eigenvalue weighted by Crippen LogP contribution is 2.37. The molecule has 1 aromatic heterocycles. The molecular formula is C13H19ClN2OS. The lowest BCUT2D eigenvalue weighted by Gasteiger charge is -2.31. The summed E-state index contributed by atoms with van der Waals surface area (Å²) in [5.41, 5.74) is -0.0969. The van der Waals surface area contributed by atoms with Gasteiger partial charge in [-0.3, -0.25) is 4.57 Å². The highest BCUT2D eigenvalue weighted by atomic mass is 35.5. The van der Waals surface area contributed by atoms with Crippen LogP contribution in [0.2, 0.25) is 5.02 Å². The smallest absolute Gasteiger partial charge is 0.297 e. The van der Waals surface area contributed by atoms with E-state index in [9.17, 15) is 4.79 Å². The van der Waals surface area contributed by atoms with Gasteiger partial charge in [0.1, 0.15) is 0 Å². The molecule has 3 nitrogen and oxygen atoms in total. The van der Waals surface area contributed by atoms with Crippen molar-refractivity contribution in [1.82, 2.24) is 9.55 Å². The highest BCUT2D eigenvalue weighted by Gasteiger charge is 2.30. The van der Waals surface area contributed by atoms with Gasteiger partial charge in [0.15, 0.2) is 0 Å². The number of rotatable bonds is 3. The predicted octanol–water partition coefficient (Wildman–Crippen LogP) is 3.17. The summed E-state index contributed by atoms with van der Waals surface area (Å²) in [4.78, 5) is 15.5. The molecule has 100 valence electrons. The van der Waals surface area contributed by atoms with Crippen molar-refractivity contribution >= 4 is 24.2 Å². The standard InChI is InChI=1S/C13H19ClN2OS/c14-11-7-15-12(17)16(8-11)9-13(10-18)5-3-1-2-4-6-13/h7-8,18H,1-6,9-10H2. The van der Waals surface area contributed by atoms with Crippen molar-refractivity contribution in [2.45, 2.75) is 45.1 Å². The van der Waals surface area contributed by atoms with Crippen LogP contribution in [0.3, 0.4) is 0 Å². The third-order valence-electron chi connectivity index (χ3n) is 3.83. The van der Waals surface area contributed by atoms with Crippen LogP contribution in [0.15, 0.2) is 17.2 Å². The largest absolute Gasteiger partial charge is 0.347 e. The fourth-order valence-corrected chi connectivity index (χ4v) is 3.33. The number of nitrogens with zero attached hydrogens (tertiary/aromatic N) is 2. The Morgan fingerprint density at radius 3 is 2.61 bits per heavy atom. The van der Waals surface area contributed by atoms with E-state index in [0.29, 0.717) is 11.6 Å². The Morgan fingerprint density at radius 1 is 1.33 bits per heavy atom. The van der Waals surface area contributed by atoms with Gasteiger partial charge >= 0.3 is 5.69 Å². The minimum absolute atomic E-state index is 0.121. The molecule has 1 aliphatic rings. The second kappa shape index (κ2) is 6.11. The first kappa shape index (κ1) is 13.9. The summed E-state index contributed by atoms with van der Waals surface area (Å²) in [5.74, 6) is 0.811. The Balaban J connectivity index is 2.23. The molecule has 0 unspecified atom stereocenters. The first-order valence-corrected chi connectivity index (χ1v) is 7.49. The molecule has 1 fully saturated rings. The van der Waals surface area contributed by atoms with Gasteiger partial charge in [-0.2, -0.15) is 12.6 Å². The molecule has 0 N–H and O–H groups in total. The fourth-order valence-electron chi connectivity index (χ4n) is 2.75. The second-order valence-electron chi connectivity index (χ2n) is 5.25. The van der Waals surface area contributed by atoms with E-state index in [1.807, 2.05) is 0 Å². The Hall–Kier alpha value is -0.480. The van der Waals surface area contributed by atoms with Crippen molar-refractivity contribution < 1.29 is 0 Å².